The molecule has 0 saturated heterocycles. The maximum atomic E-state index is 9.22. The standard InChI is InChI=1S/C19H17N3O2/c1-13-17(11-23)21-19(24-13)15-8-6-14(7-9-15)10-22-12-20-16-4-2-3-5-18(16)22/h2-9,12,23H,10-11H2,1H3. The Morgan fingerprint density at radius 3 is 2.62 bits per heavy atom. The molecule has 1 N–H and O–H groups in total. The van der Waals surface area contributed by atoms with Gasteiger partial charge >= 0.3 is 0 Å². The van der Waals surface area contributed by atoms with Gasteiger partial charge in [-0.25, -0.2) is 9.97 Å². The Morgan fingerprint density at radius 1 is 1.08 bits per heavy atom. The summed E-state index contributed by atoms with van der Waals surface area (Å²) >= 11 is 0. The van der Waals surface area contributed by atoms with Gasteiger partial charge in [0.25, 0.3) is 0 Å². The fourth-order valence-electron chi connectivity index (χ4n) is 2.78. The van der Waals surface area contributed by atoms with E-state index in [1.54, 1.807) is 6.92 Å². The van der Waals surface area contributed by atoms with Crippen LogP contribution in [-0.2, 0) is 13.2 Å². The summed E-state index contributed by atoms with van der Waals surface area (Å²) in [6, 6.07) is 16.2. The summed E-state index contributed by atoms with van der Waals surface area (Å²) in [5.74, 6) is 1.19. The number of aliphatic hydroxyl groups excluding tert-OH is 1. The molecule has 4 aromatic rings. The van der Waals surface area contributed by atoms with Crippen molar-refractivity contribution in [3.63, 3.8) is 0 Å². The minimum atomic E-state index is -0.110. The predicted molar refractivity (Wildman–Crippen MR) is 91.4 cm³/mol. The van der Waals surface area contributed by atoms with E-state index in [2.05, 4.69) is 32.7 Å². The van der Waals surface area contributed by atoms with E-state index in [4.69, 9.17) is 4.42 Å². The Labute approximate surface area is 139 Å². The van der Waals surface area contributed by atoms with E-state index in [-0.39, 0.29) is 6.61 Å². The highest BCUT2D eigenvalue weighted by Crippen LogP contribution is 2.23. The van der Waals surface area contributed by atoms with E-state index in [0.29, 0.717) is 17.3 Å². The Kier molecular flexibility index (Phi) is 3.63. The highest BCUT2D eigenvalue weighted by atomic mass is 16.4. The number of nitrogens with zero attached hydrogens (tertiary/aromatic N) is 3. The van der Waals surface area contributed by atoms with E-state index < -0.39 is 0 Å². The van der Waals surface area contributed by atoms with Crippen LogP contribution in [0.25, 0.3) is 22.5 Å². The first-order chi connectivity index (χ1) is 11.7. The van der Waals surface area contributed by atoms with E-state index in [1.165, 1.54) is 5.56 Å². The molecule has 0 unspecified atom stereocenters. The number of hydrogen-bond acceptors (Lipinski definition) is 4. The van der Waals surface area contributed by atoms with Crippen molar-refractivity contribution in [2.24, 2.45) is 0 Å². The second-order valence-electron chi connectivity index (χ2n) is 5.74. The number of hydrogen-bond donors (Lipinski definition) is 1. The fraction of sp³-hybridized carbons (Fsp3) is 0.158. The lowest BCUT2D eigenvalue weighted by Crippen LogP contribution is -1.97. The van der Waals surface area contributed by atoms with Crippen molar-refractivity contribution in [2.45, 2.75) is 20.1 Å². The lowest BCUT2D eigenvalue weighted by atomic mass is 10.1. The third-order valence-corrected chi connectivity index (χ3v) is 4.12. The van der Waals surface area contributed by atoms with Crippen molar-refractivity contribution in [3.05, 3.63) is 71.9 Å². The number of oxazole rings is 1. The second kappa shape index (κ2) is 5.94. The van der Waals surface area contributed by atoms with Gasteiger partial charge in [-0.3, -0.25) is 0 Å². The van der Waals surface area contributed by atoms with Crippen molar-refractivity contribution >= 4 is 11.0 Å². The van der Waals surface area contributed by atoms with Crippen molar-refractivity contribution < 1.29 is 9.52 Å². The first-order valence-corrected chi connectivity index (χ1v) is 7.81. The molecule has 0 aliphatic carbocycles. The highest BCUT2D eigenvalue weighted by molar-refractivity contribution is 5.75. The molecule has 2 aromatic carbocycles. The molecule has 0 aliphatic rings. The van der Waals surface area contributed by atoms with Crippen molar-refractivity contribution in [1.29, 1.82) is 0 Å². The van der Waals surface area contributed by atoms with Gasteiger partial charge in [-0.2, -0.15) is 0 Å². The van der Waals surface area contributed by atoms with Crippen molar-refractivity contribution in [1.82, 2.24) is 14.5 Å². The molecular weight excluding hydrogens is 302 g/mol. The van der Waals surface area contributed by atoms with Crippen LogP contribution in [-0.4, -0.2) is 19.6 Å². The summed E-state index contributed by atoms with van der Waals surface area (Å²) in [6.45, 7) is 2.45. The molecule has 5 nitrogen and oxygen atoms in total. The van der Waals surface area contributed by atoms with Crippen LogP contribution in [0.3, 0.4) is 0 Å². The van der Waals surface area contributed by atoms with E-state index >= 15 is 0 Å². The third kappa shape index (κ3) is 2.59. The van der Waals surface area contributed by atoms with Gasteiger partial charge in [0.2, 0.25) is 5.89 Å². The number of para-hydroxylation sites is 2. The second-order valence-corrected chi connectivity index (χ2v) is 5.74. The summed E-state index contributed by atoms with van der Waals surface area (Å²) in [5.41, 5.74) is 4.78. The molecule has 0 aliphatic heterocycles. The lowest BCUT2D eigenvalue weighted by Gasteiger charge is -2.05. The quantitative estimate of drug-likeness (QED) is 0.625. The fourth-order valence-corrected chi connectivity index (χ4v) is 2.78. The topological polar surface area (TPSA) is 64.1 Å². The molecule has 0 fully saturated rings. The normalized spacial score (nSPS) is 11.2. The Bertz CT molecular complexity index is 983. The van der Waals surface area contributed by atoms with E-state index in [1.807, 2.05) is 36.7 Å². The van der Waals surface area contributed by atoms with Gasteiger partial charge in [0.05, 0.1) is 24.0 Å². The van der Waals surface area contributed by atoms with Gasteiger partial charge in [0.15, 0.2) is 0 Å². The van der Waals surface area contributed by atoms with Gasteiger partial charge in [0, 0.05) is 12.1 Å². The zero-order valence-electron chi connectivity index (χ0n) is 13.3. The summed E-state index contributed by atoms with van der Waals surface area (Å²) in [4.78, 5) is 8.73. The number of benzene rings is 2. The molecule has 120 valence electrons. The van der Waals surface area contributed by atoms with Gasteiger partial charge in [-0.1, -0.05) is 24.3 Å². The largest absolute Gasteiger partial charge is 0.441 e. The molecule has 0 amide bonds. The van der Waals surface area contributed by atoms with Crippen LogP contribution in [0, 0.1) is 6.92 Å². The number of fused-ring (bicyclic) bond motifs is 1. The summed E-state index contributed by atoms with van der Waals surface area (Å²) in [5, 5.41) is 9.22. The molecule has 0 atom stereocenters. The number of imidazole rings is 1. The Hall–Kier alpha value is -2.92. The average Bonchev–Trinajstić information content (AvgIpc) is 3.19. The van der Waals surface area contributed by atoms with Gasteiger partial charge < -0.3 is 14.1 Å². The molecular formula is C19H17N3O2. The number of aryl methyl sites for hydroxylation is 1. The molecule has 4 rings (SSSR count). The monoisotopic (exact) mass is 319 g/mol. The first-order valence-electron chi connectivity index (χ1n) is 7.81. The SMILES string of the molecule is Cc1oc(-c2ccc(Cn3cnc4ccccc43)cc2)nc1CO. The molecule has 0 saturated carbocycles. The first kappa shape index (κ1) is 14.7. The van der Waals surface area contributed by atoms with Crippen LogP contribution < -0.4 is 0 Å². The van der Waals surface area contributed by atoms with Crippen molar-refractivity contribution in [2.75, 3.05) is 0 Å². The van der Waals surface area contributed by atoms with Crippen molar-refractivity contribution in [3.8, 4) is 11.5 Å². The molecule has 2 aromatic heterocycles. The maximum absolute atomic E-state index is 9.22. The predicted octanol–water partition coefficient (Wildman–Crippen LogP) is 3.54. The van der Waals surface area contributed by atoms with E-state index in [9.17, 15) is 5.11 Å². The molecule has 0 radical (unpaired) electrons. The van der Waals surface area contributed by atoms with Crippen LogP contribution in [0.5, 0.6) is 0 Å². The van der Waals surface area contributed by atoms with Crippen LogP contribution >= 0.6 is 0 Å². The minimum absolute atomic E-state index is 0.110. The molecule has 24 heavy (non-hydrogen) atoms. The molecule has 0 bridgehead atoms. The Balaban J connectivity index is 1.59. The summed E-state index contributed by atoms with van der Waals surface area (Å²) in [7, 11) is 0. The van der Waals surface area contributed by atoms with Gasteiger partial charge in [-0.05, 0) is 36.8 Å². The zero-order chi connectivity index (χ0) is 16.5. The zero-order valence-corrected chi connectivity index (χ0v) is 13.3. The molecule has 5 heteroatoms. The molecule has 0 spiro atoms. The third-order valence-electron chi connectivity index (χ3n) is 4.12. The summed E-state index contributed by atoms with van der Waals surface area (Å²) in [6.07, 6.45) is 1.86. The van der Waals surface area contributed by atoms with Gasteiger partial charge in [-0.15, -0.1) is 0 Å². The lowest BCUT2D eigenvalue weighted by molar-refractivity contribution is 0.275. The Morgan fingerprint density at radius 2 is 1.88 bits per heavy atom. The number of aliphatic hydroxyl groups is 1. The maximum Gasteiger partial charge on any atom is 0.226 e. The molecule has 2 heterocycles. The average molecular weight is 319 g/mol. The number of rotatable bonds is 4. The van der Waals surface area contributed by atoms with E-state index in [0.717, 1.165) is 23.1 Å². The van der Waals surface area contributed by atoms with Crippen LogP contribution in [0.15, 0.2) is 59.3 Å². The summed E-state index contributed by atoms with van der Waals surface area (Å²) < 4.78 is 7.74. The van der Waals surface area contributed by atoms with Gasteiger partial charge in [0.1, 0.15) is 11.5 Å². The smallest absolute Gasteiger partial charge is 0.226 e. The number of aromatic nitrogens is 3. The van der Waals surface area contributed by atoms with Crippen LogP contribution in [0.1, 0.15) is 17.0 Å². The van der Waals surface area contributed by atoms with Crippen LogP contribution in [0.4, 0.5) is 0 Å². The minimum Gasteiger partial charge on any atom is -0.441 e. The van der Waals surface area contributed by atoms with Crippen LogP contribution in [0.2, 0.25) is 0 Å². The highest BCUT2D eigenvalue weighted by Gasteiger charge is 2.10.